The van der Waals surface area contributed by atoms with E-state index in [1.54, 1.807) is 7.11 Å². The minimum Gasteiger partial charge on any atom is -0.493 e. The fraction of sp³-hybridized carbons (Fsp3) is 0.562. The number of unbranched alkanes of at least 4 members (excludes halogenated alkanes) is 1. The van der Waals surface area contributed by atoms with Gasteiger partial charge in [-0.15, -0.1) is 0 Å². The summed E-state index contributed by atoms with van der Waals surface area (Å²) in [5.74, 6) is 1.61. The van der Waals surface area contributed by atoms with Gasteiger partial charge in [-0.2, -0.15) is 0 Å². The summed E-state index contributed by atoms with van der Waals surface area (Å²) in [7, 11) is 1.64. The van der Waals surface area contributed by atoms with Gasteiger partial charge in [0, 0.05) is 13.0 Å². The second kappa shape index (κ2) is 9.23. The van der Waals surface area contributed by atoms with Crippen LogP contribution in [0.3, 0.4) is 0 Å². The Balaban J connectivity index is 2.55. The van der Waals surface area contributed by atoms with Gasteiger partial charge >= 0.3 is 0 Å². The monoisotopic (exact) mass is 279 g/mol. The fourth-order valence-electron chi connectivity index (χ4n) is 1.78. The topological polar surface area (TPSA) is 47.6 Å². The average Bonchev–Trinajstić information content (AvgIpc) is 2.48. The summed E-state index contributed by atoms with van der Waals surface area (Å²) in [6, 6.07) is 5.92. The molecule has 20 heavy (non-hydrogen) atoms. The quantitative estimate of drug-likeness (QED) is 0.707. The molecule has 0 aromatic heterocycles. The largest absolute Gasteiger partial charge is 0.493 e. The van der Waals surface area contributed by atoms with Crippen molar-refractivity contribution in [2.75, 3.05) is 20.3 Å². The molecule has 0 saturated carbocycles. The van der Waals surface area contributed by atoms with E-state index in [2.05, 4.69) is 12.2 Å². The Morgan fingerprint density at radius 3 is 2.70 bits per heavy atom. The number of amides is 1. The predicted molar refractivity (Wildman–Crippen MR) is 80.4 cm³/mol. The lowest BCUT2D eigenvalue weighted by Gasteiger charge is -2.12. The van der Waals surface area contributed by atoms with Crippen molar-refractivity contribution in [2.24, 2.45) is 0 Å². The summed E-state index contributed by atoms with van der Waals surface area (Å²) in [6.07, 6.45) is 3.45. The molecule has 1 aromatic rings. The number of hydrogen-bond acceptors (Lipinski definition) is 3. The van der Waals surface area contributed by atoms with Gasteiger partial charge in [-0.25, -0.2) is 0 Å². The molecule has 0 aliphatic rings. The Morgan fingerprint density at radius 2 is 2.05 bits per heavy atom. The minimum atomic E-state index is 0.0801. The number of nitrogens with one attached hydrogen (secondary N) is 1. The molecule has 0 fully saturated rings. The maximum atomic E-state index is 11.2. The molecule has 0 heterocycles. The first kappa shape index (κ1) is 16.3. The Hall–Kier alpha value is -1.71. The molecule has 0 aliphatic heterocycles. The highest BCUT2D eigenvalue weighted by Crippen LogP contribution is 2.28. The molecule has 1 amide bonds. The molecule has 0 radical (unpaired) electrons. The highest BCUT2D eigenvalue weighted by molar-refractivity contribution is 5.75. The average molecular weight is 279 g/mol. The molecule has 0 spiro atoms. The van der Waals surface area contributed by atoms with E-state index in [4.69, 9.17) is 9.47 Å². The van der Waals surface area contributed by atoms with Crippen LogP contribution in [0.5, 0.6) is 11.5 Å². The molecule has 1 N–H and O–H groups in total. The van der Waals surface area contributed by atoms with Crippen LogP contribution in [0.1, 0.15) is 38.7 Å². The number of carbonyl (C=O) groups is 1. The number of hydrogen-bond donors (Lipinski definition) is 1. The van der Waals surface area contributed by atoms with E-state index in [1.807, 2.05) is 25.1 Å². The van der Waals surface area contributed by atoms with Crippen LogP contribution in [0.15, 0.2) is 18.2 Å². The first-order chi connectivity index (χ1) is 9.71. The molecule has 0 saturated heterocycles. The van der Waals surface area contributed by atoms with Gasteiger partial charge < -0.3 is 14.8 Å². The highest BCUT2D eigenvalue weighted by Gasteiger charge is 2.06. The number of benzene rings is 1. The third-order valence-electron chi connectivity index (χ3n) is 3.04. The van der Waals surface area contributed by atoms with E-state index >= 15 is 0 Å². The molecule has 1 rings (SSSR count). The van der Waals surface area contributed by atoms with Gasteiger partial charge in [0.2, 0.25) is 5.91 Å². The van der Waals surface area contributed by atoms with Crippen LogP contribution < -0.4 is 14.8 Å². The second-order valence-electron chi connectivity index (χ2n) is 4.64. The first-order valence-electron chi connectivity index (χ1n) is 7.27. The smallest absolute Gasteiger partial charge is 0.219 e. The van der Waals surface area contributed by atoms with Crippen molar-refractivity contribution in [3.05, 3.63) is 23.8 Å². The Kier molecular flexibility index (Phi) is 7.55. The molecular weight excluding hydrogens is 254 g/mol. The molecule has 0 bridgehead atoms. The van der Waals surface area contributed by atoms with Gasteiger partial charge in [0.25, 0.3) is 0 Å². The molecule has 4 heteroatoms. The molecule has 0 unspecified atom stereocenters. The predicted octanol–water partition coefficient (Wildman–Crippen LogP) is 2.94. The van der Waals surface area contributed by atoms with E-state index in [0.717, 1.165) is 36.3 Å². The van der Waals surface area contributed by atoms with Crippen molar-refractivity contribution in [1.82, 2.24) is 5.32 Å². The molecule has 0 atom stereocenters. The van der Waals surface area contributed by atoms with E-state index in [-0.39, 0.29) is 5.91 Å². The van der Waals surface area contributed by atoms with Crippen molar-refractivity contribution in [3.8, 4) is 11.5 Å². The van der Waals surface area contributed by atoms with Crippen LogP contribution in [-0.4, -0.2) is 26.2 Å². The van der Waals surface area contributed by atoms with E-state index in [0.29, 0.717) is 19.6 Å². The van der Waals surface area contributed by atoms with Crippen molar-refractivity contribution in [3.63, 3.8) is 0 Å². The van der Waals surface area contributed by atoms with Crippen LogP contribution in [0, 0.1) is 0 Å². The summed E-state index contributed by atoms with van der Waals surface area (Å²) in [5.41, 5.74) is 1.13. The number of methoxy groups -OCH3 is 1. The maximum absolute atomic E-state index is 11.2. The minimum absolute atomic E-state index is 0.0801. The van der Waals surface area contributed by atoms with Crippen molar-refractivity contribution in [1.29, 1.82) is 0 Å². The van der Waals surface area contributed by atoms with Crippen LogP contribution in [0.25, 0.3) is 0 Å². The van der Waals surface area contributed by atoms with Crippen molar-refractivity contribution >= 4 is 5.91 Å². The zero-order valence-corrected chi connectivity index (χ0v) is 12.7. The zero-order chi connectivity index (χ0) is 14.8. The summed E-state index contributed by atoms with van der Waals surface area (Å²) >= 11 is 0. The summed E-state index contributed by atoms with van der Waals surface area (Å²) in [6.45, 7) is 5.33. The lowest BCUT2D eigenvalue weighted by molar-refractivity contribution is -0.120. The van der Waals surface area contributed by atoms with Crippen molar-refractivity contribution in [2.45, 2.75) is 39.5 Å². The van der Waals surface area contributed by atoms with Gasteiger partial charge in [0.15, 0.2) is 11.5 Å². The molecular formula is C16H25NO3. The molecule has 1 aromatic carbocycles. The van der Waals surface area contributed by atoms with Crippen LogP contribution in [0.4, 0.5) is 0 Å². The first-order valence-corrected chi connectivity index (χ1v) is 7.27. The van der Waals surface area contributed by atoms with Crippen LogP contribution >= 0.6 is 0 Å². The van der Waals surface area contributed by atoms with Gasteiger partial charge in [-0.05, 0) is 30.5 Å². The summed E-state index contributed by atoms with van der Waals surface area (Å²) in [4.78, 5) is 11.2. The SMILES string of the molecule is CCCCOc1ccc(CCNC(=O)CC)cc1OC. The Labute approximate surface area is 121 Å². The van der Waals surface area contributed by atoms with Gasteiger partial charge in [-0.3, -0.25) is 4.79 Å². The lowest BCUT2D eigenvalue weighted by Crippen LogP contribution is -2.24. The standard InChI is InChI=1S/C16H25NO3/c1-4-6-11-20-14-8-7-13(12-15(14)19-3)9-10-17-16(18)5-2/h7-8,12H,4-6,9-11H2,1-3H3,(H,17,18). The third kappa shape index (κ3) is 5.51. The van der Waals surface area contributed by atoms with Crippen LogP contribution in [-0.2, 0) is 11.2 Å². The number of ether oxygens (including phenoxy) is 2. The maximum Gasteiger partial charge on any atom is 0.219 e. The Bertz CT molecular complexity index is 418. The summed E-state index contributed by atoms with van der Waals surface area (Å²) < 4.78 is 11.0. The Morgan fingerprint density at radius 1 is 1.25 bits per heavy atom. The van der Waals surface area contributed by atoms with Gasteiger partial charge in [0.05, 0.1) is 13.7 Å². The van der Waals surface area contributed by atoms with E-state index < -0.39 is 0 Å². The van der Waals surface area contributed by atoms with Crippen LogP contribution in [0.2, 0.25) is 0 Å². The third-order valence-corrected chi connectivity index (χ3v) is 3.04. The number of rotatable bonds is 9. The lowest BCUT2D eigenvalue weighted by atomic mass is 10.1. The van der Waals surface area contributed by atoms with Crippen molar-refractivity contribution < 1.29 is 14.3 Å². The fourth-order valence-corrected chi connectivity index (χ4v) is 1.78. The molecule has 4 nitrogen and oxygen atoms in total. The number of carbonyl (C=O) groups excluding carboxylic acids is 1. The summed E-state index contributed by atoms with van der Waals surface area (Å²) in [5, 5.41) is 2.86. The second-order valence-corrected chi connectivity index (χ2v) is 4.64. The molecule has 0 aliphatic carbocycles. The van der Waals surface area contributed by atoms with E-state index in [1.165, 1.54) is 0 Å². The zero-order valence-electron chi connectivity index (χ0n) is 12.7. The van der Waals surface area contributed by atoms with Gasteiger partial charge in [-0.1, -0.05) is 26.3 Å². The van der Waals surface area contributed by atoms with Gasteiger partial charge in [0.1, 0.15) is 0 Å². The normalized spacial score (nSPS) is 10.2. The van der Waals surface area contributed by atoms with E-state index in [9.17, 15) is 4.79 Å². The molecule has 112 valence electrons. The highest BCUT2D eigenvalue weighted by atomic mass is 16.5.